The topological polar surface area (TPSA) is 83.2 Å². The third-order valence-corrected chi connectivity index (χ3v) is 8.66. The van der Waals surface area contributed by atoms with Crippen molar-refractivity contribution in [2.75, 3.05) is 31.6 Å². The predicted octanol–water partition coefficient (Wildman–Crippen LogP) is 4.37. The normalized spacial score (nSPS) is 22.6. The number of nitrogens with zero attached hydrogens (tertiary/aromatic N) is 5. The molecule has 8 nitrogen and oxygen atoms in total. The first-order valence-corrected chi connectivity index (χ1v) is 14.0. The van der Waals surface area contributed by atoms with E-state index in [4.69, 9.17) is 14.8 Å². The largest absolute Gasteiger partial charge is 0.388 e. The molecule has 2 aromatic heterocycles. The number of methoxy groups -OCH3 is 1. The molecule has 0 unspecified atom stereocenters. The maximum atomic E-state index is 15.4. The maximum absolute atomic E-state index is 15.4. The smallest absolute Gasteiger partial charge is 0.273 e. The molecule has 1 aliphatic carbocycles. The van der Waals surface area contributed by atoms with E-state index in [1.54, 1.807) is 23.8 Å². The minimum Gasteiger partial charge on any atom is -0.388 e. The number of ether oxygens (including phenoxy) is 1. The van der Waals surface area contributed by atoms with Crippen molar-refractivity contribution in [2.24, 2.45) is 0 Å². The Balaban J connectivity index is 1.21. The molecule has 9 heteroatoms. The van der Waals surface area contributed by atoms with Gasteiger partial charge in [0.2, 0.25) is 0 Å². The Bertz CT molecular complexity index is 1620. The van der Waals surface area contributed by atoms with Crippen LogP contribution in [0.5, 0.6) is 0 Å². The molecule has 2 fully saturated rings. The number of hydrogen-bond donors (Lipinski definition) is 1. The van der Waals surface area contributed by atoms with Crippen LogP contribution >= 0.6 is 0 Å². The second-order valence-corrected chi connectivity index (χ2v) is 11.2. The highest BCUT2D eigenvalue weighted by Gasteiger charge is 2.34. The van der Waals surface area contributed by atoms with Gasteiger partial charge in [-0.2, -0.15) is 5.10 Å². The summed E-state index contributed by atoms with van der Waals surface area (Å²) in [5.41, 5.74) is 5.88. The minimum atomic E-state index is -0.613. The number of carbonyl (C=O) groups excluding carboxylic acids is 1. The zero-order valence-electron chi connectivity index (χ0n) is 22.6. The summed E-state index contributed by atoms with van der Waals surface area (Å²) in [5, 5.41) is 14.9. The van der Waals surface area contributed by atoms with Crippen molar-refractivity contribution in [3.05, 3.63) is 82.9 Å². The molecule has 1 amide bonds. The van der Waals surface area contributed by atoms with E-state index in [0.29, 0.717) is 53.8 Å². The molecular weight excluding hydrogens is 509 g/mol. The Hall–Kier alpha value is -3.82. The van der Waals surface area contributed by atoms with Crippen LogP contribution in [-0.2, 0) is 11.2 Å². The van der Waals surface area contributed by atoms with Gasteiger partial charge in [0.1, 0.15) is 17.6 Å². The molecule has 2 aromatic carbocycles. The number of hydrogen-bond acceptors (Lipinski definition) is 6. The molecule has 0 radical (unpaired) electrons. The first kappa shape index (κ1) is 25.2. The van der Waals surface area contributed by atoms with E-state index in [1.807, 2.05) is 34.1 Å². The number of amides is 1. The van der Waals surface area contributed by atoms with Crippen molar-refractivity contribution in [2.45, 2.75) is 50.4 Å². The first-order chi connectivity index (χ1) is 19.4. The van der Waals surface area contributed by atoms with Gasteiger partial charge in [-0.05, 0) is 61.6 Å². The van der Waals surface area contributed by atoms with Gasteiger partial charge in [-0.25, -0.2) is 13.9 Å². The van der Waals surface area contributed by atoms with Crippen LogP contribution in [0.25, 0.3) is 16.9 Å². The monoisotopic (exact) mass is 541 g/mol. The van der Waals surface area contributed by atoms with Crippen molar-refractivity contribution in [3.8, 4) is 11.3 Å². The molecule has 1 saturated carbocycles. The van der Waals surface area contributed by atoms with E-state index in [0.717, 1.165) is 25.0 Å². The number of halogens is 1. The van der Waals surface area contributed by atoms with E-state index >= 15 is 4.39 Å². The molecule has 0 bridgehead atoms. The number of aliphatic hydroxyl groups is 1. The van der Waals surface area contributed by atoms with E-state index in [-0.39, 0.29) is 18.1 Å². The van der Waals surface area contributed by atoms with Gasteiger partial charge in [-0.15, -0.1) is 0 Å². The summed E-state index contributed by atoms with van der Waals surface area (Å²) in [7, 11) is 1.57. The summed E-state index contributed by atoms with van der Waals surface area (Å²) in [4.78, 5) is 22.3. The molecule has 206 valence electrons. The minimum absolute atomic E-state index is 0.0381. The molecule has 4 heterocycles. The lowest BCUT2D eigenvalue weighted by molar-refractivity contribution is 0.0217. The molecule has 1 N–H and O–H groups in total. The number of aromatic nitrogens is 3. The fourth-order valence-electron chi connectivity index (χ4n) is 6.21. The number of anilines is 1. The SMILES string of the molecule is CO[C@H]1CN(c2ccc(-c3cc4nc(C(=O)N5CCc6ccccc6[C@H]5C)cc(C5CC5)n4n3)c(F)c2)C[C@@H]1O. The third kappa shape index (κ3) is 4.24. The van der Waals surface area contributed by atoms with Crippen LogP contribution in [0.4, 0.5) is 10.1 Å². The summed E-state index contributed by atoms with van der Waals surface area (Å²) in [6, 6.07) is 16.9. The predicted molar refractivity (Wildman–Crippen MR) is 149 cm³/mol. The van der Waals surface area contributed by atoms with Gasteiger partial charge >= 0.3 is 0 Å². The highest BCUT2D eigenvalue weighted by atomic mass is 19.1. The summed E-state index contributed by atoms with van der Waals surface area (Å²) in [6.45, 7) is 3.59. The van der Waals surface area contributed by atoms with Gasteiger partial charge in [-0.1, -0.05) is 24.3 Å². The quantitative estimate of drug-likeness (QED) is 0.404. The Labute approximate surface area is 232 Å². The summed E-state index contributed by atoms with van der Waals surface area (Å²) in [5.74, 6) is -0.181. The Kier molecular flexibility index (Phi) is 6.09. The molecule has 4 aromatic rings. The second-order valence-electron chi connectivity index (χ2n) is 11.2. The van der Waals surface area contributed by atoms with E-state index < -0.39 is 11.9 Å². The lowest BCUT2D eigenvalue weighted by Gasteiger charge is -2.35. The van der Waals surface area contributed by atoms with Crippen LogP contribution in [-0.4, -0.2) is 69.5 Å². The van der Waals surface area contributed by atoms with Gasteiger partial charge in [0.15, 0.2) is 5.65 Å². The van der Waals surface area contributed by atoms with Gasteiger partial charge < -0.3 is 19.6 Å². The van der Waals surface area contributed by atoms with Crippen LogP contribution in [0.3, 0.4) is 0 Å². The number of rotatable bonds is 5. The highest BCUT2D eigenvalue weighted by Crippen LogP contribution is 2.41. The van der Waals surface area contributed by atoms with Crippen LogP contribution < -0.4 is 4.90 Å². The Morgan fingerprint density at radius 1 is 1.10 bits per heavy atom. The zero-order valence-corrected chi connectivity index (χ0v) is 22.6. The van der Waals surface area contributed by atoms with Crippen molar-refractivity contribution in [1.82, 2.24) is 19.5 Å². The molecule has 3 aliphatic rings. The van der Waals surface area contributed by atoms with Crippen molar-refractivity contribution >= 4 is 17.2 Å². The number of aliphatic hydroxyl groups excluding tert-OH is 1. The molecular formula is C31H32FN5O3. The van der Waals surface area contributed by atoms with Gasteiger partial charge in [-0.3, -0.25) is 4.79 Å². The molecule has 3 atom stereocenters. The lowest BCUT2D eigenvalue weighted by atomic mass is 9.93. The number of fused-ring (bicyclic) bond motifs is 2. The van der Waals surface area contributed by atoms with Crippen LogP contribution in [0.2, 0.25) is 0 Å². The van der Waals surface area contributed by atoms with E-state index in [2.05, 4.69) is 19.1 Å². The summed E-state index contributed by atoms with van der Waals surface area (Å²) < 4.78 is 22.5. The molecule has 7 rings (SSSR count). The summed E-state index contributed by atoms with van der Waals surface area (Å²) >= 11 is 0. The summed E-state index contributed by atoms with van der Waals surface area (Å²) in [6.07, 6.45) is 1.97. The van der Waals surface area contributed by atoms with Crippen molar-refractivity contribution in [1.29, 1.82) is 0 Å². The molecule has 1 saturated heterocycles. The zero-order chi connectivity index (χ0) is 27.5. The molecule has 40 heavy (non-hydrogen) atoms. The lowest BCUT2D eigenvalue weighted by Crippen LogP contribution is -2.39. The number of benzene rings is 2. The van der Waals surface area contributed by atoms with Crippen LogP contribution in [0, 0.1) is 5.82 Å². The first-order valence-electron chi connectivity index (χ1n) is 14.0. The van der Waals surface area contributed by atoms with Crippen LogP contribution in [0.1, 0.15) is 59.0 Å². The van der Waals surface area contributed by atoms with E-state index in [1.165, 1.54) is 17.2 Å². The average Bonchev–Trinajstić information content (AvgIpc) is 3.61. The molecule has 2 aliphatic heterocycles. The molecule has 0 spiro atoms. The van der Waals surface area contributed by atoms with Crippen molar-refractivity contribution in [3.63, 3.8) is 0 Å². The standard InChI is InChI=1S/C31H32FN5O3/c1-18-22-6-4-3-5-19(22)11-12-36(18)31(39)26-14-27(20-7-8-20)37-30(33-26)15-25(34-37)23-10-9-21(13-24(23)32)35-16-28(38)29(17-35)40-2/h3-6,9-10,13-15,18,20,28-29,38H,7-8,11-12,16-17H2,1-2H3/t18-,28+,29+/m1/s1. The van der Waals surface area contributed by atoms with Gasteiger partial charge in [0.05, 0.1) is 17.8 Å². The van der Waals surface area contributed by atoms with E-state index in [9.17, 15) is 9.90 Å². The second kappa shape index (κ2) is 9.67. The maximum Gasteiger partial charge on any atom is 0.273 e. The third-order valence-electron chi connectivity index (χ3n) is 8.66. The van der Waals surface area contributed by atoms with Crippen molar-refractivity contribution < 1.29 is 19.0 Å². The van der Waals surface area contributed by atoms with Gasteiger partial charge in [0.25, 0.3) is 5.91 Å². The Morgan fingerprint density at radius 3 is 2.67 bits per heavy atom. The van der Waals surface area contributed by atoms with Gasteiger partial charge in [0, 0.05) is 55.7 Å². The number of β-amino-alcohol motifs (C(OH)–C–C–N with tert-alkyl or cyclic N) is 1. The average molecular weight is 542 g/mol. The Morgan fingerprint density at radius 2 is 1.93 bits per heavy atom. The fraction of sp³-hybridized carbons (Fsp3) is 0.387. The fourth-order valence-corrected chi connectivity index (χ4v) is 6.21. The highest BCUT2D eigenvalue weighted by molar-refractivity contribution is 5.93. The number of carbonyl (C=O) groups is 1. The van der Waals surface area contributed by atoms with Crippen LogP contribution in [0.15, 0.2) is 54.6 Å².